The molecule has 0 bridgehead atoms. The zero-order valence-corrected chi connectivity index (χ0v) is 18.8. The number of halogens is 2. The summed E-state index contributed by atoms with van der Waals surface area (Å²) in [5, 5.41) is 6.31. The standard InChI is InChI=1S/C23H32F2N4OS/c24-16-29(17-25)23(30)26-19-6-4-18(5-7-19)8-10-27-11-13-28(14-12-27)21-2-1-3-22-20(21)9-15-31-22/h1-3,9,15,18-19H,4-8,10-14,16-17H2,(H,26,30). The molecule has 2 aromatic rings. The highest BCUT2D eigenvalue weighted by molar-refractivity contribution is 7.17. The van der Waals surface area contributed by atoms with Gasteiger partial charge in [0.1, 0.15) is 0 Å². The molecule has 8 heteroatoms. The Hall–Kier alpha value is -1.93. The van der Waals surface area contributed by atoms with Crippen molar-refractivity contribution in [2.24, 2.45) is 5.92 Å². The van der Waals surface area contributed by atoms with Gasteiger partial charge >= 0.3 is 6.03 Å². The molecule has 31 heavy (non-hydrogen) atoms. The van der Waals surface area contributed by atoms with Crippen LogP contribution in [0.3, 0.4) is 0 Å². The lowest BCUT2D eigenvalue weighted by atomic mass is 9.84. The molecule has 1 saturated carbocycles. The Kier molecular flexibility index (Phi) is 7.61. The van der Waals surface area contributed by atoms with E-state index in [1.165, 1.54) is 22.2 Å². The fourth-order valence-corrected chi connectivity index (χ4v) is 5.64. The second-order valence-corrected chi connectivity index (χ2v) is 9.62. The zero-order chi connectivity index (χ0) is 21.6. The smallest absolute Gasteiger partial charge is 0.321 e. The number of hydrogen-bond acceptors (Lipinski definition) is 4. The molecule has 0 radical (unpaired) electrons. The number of carbonyl (C=O) groups excluding carboxylic acids is 1. The summed E-state index contributed by atoms with van der Waals surface area (Å²) < 4.78 is 26.5. The molecule has 5 nitrogen and oxygen atoms in total. The van der Waals surface area contributed by atoms with Gasteiger partial charge in [-0.1, -0.05) is 6.07 Å². The van der Waals surface area contributed by atoms with Crippen molar-refractivity contribution in [2.45, 2.75) is 38.1 Å². The number of rotatable bonds is 7. The molecule has 2 amide bonds. The third-order valence-corrected chi connectivity index (χ3v) is 7.67. The first-order valence-corrected chi connectivity index (χ1v) is 12.2. The number of nitrogens with zero attached hydrogens (tertiary/aromatic N) is 3. The first-order valence-electron chi connectivity index (χ1n) is 11.3. The molecule has 1 aromatic carbocycles. The highest BCUT2D eigenvalue weighted by Gasteiger charge is 2.25. The largest absolute Gasteiger partial charge is 0.368 e. The van der Waals surface area contributed by atoms with Crippen LogP contribution in [-0.2, 0) is 0 Å². The van der Waals surface area contributed by atoms with Gasteiger partial charge < -0.3 is 10.2 Å². The molecule has 0 atom stereocenters. The maximum Gasteiger partial charge on any atom is 0.321 e. The second kappa shape index (κ2) is 10.6. The van der Waals surface area contributed by atoms with E-state index in [1.54, 1.807) is 11.3 Å². The monoisotopic (exact) mass is 450 g/mol. The Morgan fingerprint density at radius 3 is 2.52 bits per heavy atom. The zero-order valence-electron chi connectivity index (χ0n) is 17.9. The lowest BCUT2D eigenvalue weighted by Gasteiger charge is -2.37. The molecule has 0 unspecified atom stereocenters. The van der Waals surface area contributed by atoms with E-state index in [4.69, 9.17) is 0 Å². The van der Waals surface area contributed by atoms with Crippen molar-refractivity contribution in [3.63, 3.8) is 0 Å². The molecule has 4 rings (SSSR count). The number of thiophene rings is 1. The van der Waals surface area contributed by atoms with Crippen LogP contribution in [0.4, 0.5) is 19.3 Å². The number of anilines is 1. The summed E-state index contributed by atoms with van der Waals surface area (Å²) in [5.74, 6) is 0.671. The van der Waals surface area contributed by atoms with Gasteiger partial charge in [0.2, 0.25) is 0 Å². The van der Waals surface area contributed by atoms with Gasteiger partial charge in [-0.05, 0) is 68.1 Å². The molecule has 1 aromatic heterocycles. The van der Waals surface area contributed by atoms with Crippen LogP contribution in [0.25, 0.3) is 10.1 Å². The van der Waals surface area contributed by atoms with Crippen LogP contribution in [0, 0.1) is 5.92 Å². The van der Waals surface area contributed by atoms with Gasteiger partial charge in [-0.15, -0.1) is 11.3 Å². The van der Waals surface area contributed by atoms with Crippen molar-refractivity contribution >= 4 is 33.1 Å². The van der Waals surface area contributed by atoms with E-state index >= 15 is 0 Å². The molecule has 2 aliphatic rings. The van der Waals surface area contributed by atoms with E-state index in [0.717, 1.165) is 58.4 Å². The summed E-state index contributed by atoms with van der Waals surface area (Å²) in [4.78, 5) is 17.4. The number of hydrogen-bond donors (Lipinski definition) is 1. The van der Waals surface area contributed by atoms with Gasteiger partial charge in [0.25, 0.3) is 0 Å². The Morgan fingerprint density at radius 2 is 1.81 bits per heavy atom. The summed E-state index contributed by atoms with van der Waals surface area (Å²) in [6.07, 6.45) is 5.09. The van der Waals surface area contributed by atoms with Crippen molar-refractivity contribution in [3.05, 3.63) is 29.6 Å². The molecule has 1 aliphatic carbocycles. The Labute approximate surface area is 187 Å². The van der Waals surface area contributed by atoms with Gasteiger partial charge in [0, 0.05) is 48.0 Å². The number of fused-ring (bicyclic) bond motifs is 1. The normalized spacial score (nSPS) is 22.6. The third kappa shape index (κ3) is 5.47. The van der Waals surface area contributed by atoms with Crippen molar-refractivity contribution in [2.75, 3.05) is 51.2 Å². The Bertz CT molecular complexity index is 843. The van der Waals surface area contributed by atoms with E-state index in [2.05, 4.69) is 44.8 Å². The van der Waals surface area contributed by atoms with Gasteiger partial charge in [0.05, 0.1) is 0 Å². The van der Waals surface area contributed by atoms with Crippen LogP contribution in [0.15, 0.2) is 29.6 Å². The van der Waals surface area contributed by atoms with Crippen LogP contribution in [0.2, 0.25) is 0 Å². The molecule has 2 fully saturated rings. The van der Waals surface area contributed by atoms with Crippen LogP contribution < -0.4 is 10.2 Å². The minimum absolute atomic E-state index is 0.0349. The minimum atomic E-state index is -1.09. The summed E-state index contributed by atoms with van der Waals surface area (Å²) in [6.45, 7) is 3.25. The van der Waals surface area contributed by atoms with E-state index in [9.17, 15) is 13.6 Å². The molecule has 2 heterocycles. The van der Waals surface area contributed by atoms with Gasteiger partial charge in [-0.25, -0.2) is 13.6 Å². The Balaban J connectivity index is 1.16. The topological polar surface area (TPSA) is 38.8 Å². The SMILES string of the molecule is O=C(NC1CCC(CCN2CCN(c3cccc4sccc34)CC2)CC1)N(CF)CF. The van der Waals surface area contributed by atoms with Gasteiger partial charge in [-0.3, -0.25) is 9.80 Å². The molecular weight excluding hydrogens is 418 g/mol. The van der Waals surface area contributed by atoms with Gasteiger partial charge in [-0.2, -0.15) is 0 Å². The molecule has 1 aliphatic heterocycles. The van der Waals surface area contributed by atoms with Crippen LogP contribution in [0.5, 0.6) is 0 Å². The van der Waals surface area contributed by atoms with E-state index < -0.39 is 19.6 Å². The lowest BCUT2D eigenvalue weighted by molar-refractivity contribution is 0.131. The number of amides is 2. The summed E-state index contributed by atoms with van der Waals surface area (Å²) in [6, 6.07) is 8.22. The van der Waals surface area contributed by atoms with Crippen molar-refractivity contribution in [1.29, 1.82) is 0 Å². The molecule has 1 N–H and O–H groups in total. The number of alkyl halides is 2. The van der Waals surface area contributed by atoms with Crippen LogP contribution in [0.1, 0.15) is 32.1 Å². The molecule has 1 saturated heterocycles. The fourth-order valence-electron chi connectivity index (χ4n) is 4.83. The third-order valence-electron chi connectivity index (χ3n) is 6.79. The number of nitrogens with one attached hydrogen (secondary N) is 1. The van der Waals surface area contributed by atoms with E-state index in [0.29, 0.717) is 10.8 Å². The van der Waals surface area contributed by atoms with E-state index in [1.807, 2.05) is 0 Å². The second-order valence-electron chi connectivity index (χ2n) is 8.67. The molecule has 170 valence electrons. The summed E-state index contributed by atoms with van der Waals surface area (Å²) in [5.41, 5.74) is 1.36. The minimum Gasteiger partial charge on any atom is -0.368 e. The fraction of sp³-hybridized carbons (Fsp3) is 0.609. The molecule has 0 spiro atoms. The van der Waals surface area contributed by atoms with Crippen molar-refractivity contribution in [3.8, 4) is 0 Å². The highest BCUT2D eigenvalue weighted by Crippen LogP contribution is 2.31. The van der Waals surface area contributed by atoms with Crippen LogP contribution in [-0.4, -0.2) is 68.2 Å². The summed E-state index contributed by atoms with van der Waals surface area (Å²) in [7, 11) is 0. The maximum absolute atomic E-state index is 12.6. The van der Waals surface area contributed by atoms with Crippen molar-refractivity contribution in [1.82, 2.24) is 15.1 Å². The first kappa shape index (κ1) is 22.3. The highest BCUT2D eigenvalue weighted by atomic mass is 32.1. The van der Waals surface area contributed by atoms with Crippen molar-refractivity contribution < 1.29 is 13.6 Å². The number of carbonyl (C=O) groups is 1. The predicted molar refractivity (Wildman–Crippen MR) is 123 cm³/mol. The van der Waals surface area contributed by atoms with Gasteiger partial charge in [0.15, 0.2) is 13.6 Å². The van der Waals surface area contributed by atoms with Crippen LogP contribution >= 0.6 is 11.3 Å². The maximum atomic E-state index is 12.6. The molecular formula is C23H32F2N4OS. The van der Waals surface area contributed by atoms with E-state index in [-0.39, 0.29) is 6.04 Å². The number of benzene rings is 1. The summed E-state index contributed by atoms with van der Waals surface area (Å²) >= 11 is 1.80. The number of piperazine rings is 1. The average molecular weight is 451 g/mol. The predicted octanol–water partition coefficient (Wildman–Crippen LogP) is 4.84. The number of urea groups is 1. The lowest BCUT2D eigenvalue weighted by Crippen LogP contribution is -2.47. The first-order chi connectivity index (χ1) is 15.2. The average Bonchev–Trinajstić information content (AvgIpc) is 3.29. The Morgan fingerprint density at radius 1 is 1.06 bits per heavy atom. The quantitative estimate of drug-likeness (QED) is 0.614.